The lowest BCUT2D eigenvalue weighted by atomic mass is 9.70. The van der Waals surface area contributed by atoms with Gasteiger partial charge in [0.25, 0.3) is 0 Å². The van der Waals surface area contributed by atoms with Crippen LogP contribution in [0.5, 0.6) is 0 Å². The van der Waals surface area contributed by atoms with Gasteiger partial charge in [-0.2, -0.15) is 0 Å². The van der Waals surface area contributed by atoms with E-state index in [4.69, 9.17) is 4.74 Å². The molecule has 2 unspecified atom stereocenters. The van der Waals surface area contributed by atoms with E-state index in [-0.39, 0.29) is 0 Å². The van der Waals surface area contributed by atoms with E-state index in [1.54, 1.807) is 0 Å². The van der Waals surface area contributed by atoms with Crippen molar-refractivity contribution in [2.24, 2.45) is 11.8 Å². The number of hydrogen-bond donors (Lipinski definition) is 1. The van der Waals surface area contributed by atoms with Crippen molar-refractivity contribution >= 4 is 0 Å². The Morgan fingerprint density at radius 1 is 1.29 bits per heavy atom. The molecule has 0 aromatic rings. The van der Waals surface area contributed by atoms with Gasteiger partial charge in [0.2, 0.25) is 0 Å². The van der Waals surface area contributed by atoms with Crippen LogP contribution >= 0.6 is 0 Å². The van der Waals surface area contributed by atoms with Crippen LogP contribution in [0.4, 0.5) is 0 Å². The Morgan fingerprint density at radius 2 is 2.06 bits per heavy atom. The summed E-state index contributed by atoms with van der Waals surface area (Å²) in [6.07, 6.45) is 9.23. The van der Waals surface area contributed by atoms with Gasteiger partial charge in [-0.05, 0) is 63.8 Å². The summed E-state index contributed by atoms with van der Waals surface area (Å²) in [5.41, 5.74) is 0.301. The molecule has 1 N–H and O–H groups in total. The van der Waals surface area contributed by atoms with Crippen molar-refractivity contribution in [2.75, 3.05) is 13.7 Å². The molecule has 17 heavy (non-hydrogen) atoms. The summed E-state index contributed by atoms with van der Waals surface area (Å²) in [6, 6.07) is 0.707. The molecule has 0 radical (unpaired) electrons. The fourth-order valence-corrected chi connectivity index (χ4v) is 3.46. The Labute approximate surface area is 107 Å². The van der Waals surface area contributed by atoms with Gasteiger partial charge in [-0.1, -0.05) is 13.8 Å². The molecule has 0 bridgehead atoms. The highest BCUT2D eigenvalue weighted by Crippen LogP contribution is 2.45. The molecule has 2 fully saturated rings. The third kappa shape index (κ3) is 3.23. The van der Waals surface area contributed by atoms with Crippen LogP contribution in [0.2, 0.25) is 0 Å². The highest BCUT2D eigenvalue weighted by molar-refractivity contribution is 4.96. The molecular weight excluding hydrogens is 210 g/mol. The standard InChI is InChI=1S/C15H29NO/c1-12(2)5-6-14(16-3)13-7-10-17-15(11-13)8-4-9-15/h12-14,16H,4-11H2,1-3H3. The van der Waals surface area contributed by atoms with Gasteiger partial charge < -0.3 is 10.1 Å². The van der Waals surface area contributed by atoms with Crippen LogP contribution in [0.1, 0.15) is 58.8 Å². The molecule has 1 aliphatic carbocycles. The first-order valence-corrected chi connectivity index (χ1v) is 7.46. The van der Waals surface area contributed by atoms with Gasteiger partial charge >= 0.3 is 0 Å². The summed E-state index contributed by atoms with van der Waals surface area (Å²) >= 11 is 0. The monoisotopic (exact) mass is 239 g/mol. The molecule has 1 aliphatic heterocycles. The highest BCUT2D eigenvalue weighted by atomic mass is 16.5. The van der Waals surface area contributed by atoms with Gasteiger partial charge in [0, 0.05) is 12.6 Å². The molecule has 100 valence electrons. The summed E-state index contributed by atoms with van der Waals surface area (Å²) in [6.45, 7) is 5.64. The molecular formula is C15H29NO. The minimum absolute atomic E-state index is 0.301. The zero-order valence-corrected chi connectivity index (χ0v) is 11.8. The zero-order chi connectivity index (χ0) is 12.3. The van der Waals surface area contributed by atoms with Gasteiger partial charge in [0.1, 0.15) is 0 Å². The number of hydrogen-bond acceptors (Lipinski definition) is 2. The van der Waals surface area contributed by atoms with Crippen molar-refractivity contribution < 1.29 is 4.74 Å². The Bertz CT molecular complexity index is 235. The maximum Gasteiger partial charge on any atom is 0.0685 e. The van der Waals surface area contributed by atoms with Crippen LogP contribution in [0, 0.1) is 11.8 Å². The third-order valence-electron chi connectivity index (χ3n) is 4.79. The first-order valence-electron chi connectivity index (χ1n) is 7.46. The zero-order valence-electron chi connectivity index (χ0n) is 11.8. The topological polar surface area (TPSA) is 21.3 Å². The van der Waals surface area contributed by atoms with E-state index < -0.39 is 0 Å². The molecule has 2 atom stereocenters. The van der Waals surface area contributed by atoms with Crippen LogP contribution in [0.15, 0.2) is 0 Å². The minimum Gasteiger partial charge on any atom is -0.375 e. The van der Waals surface area contributed by atoms with E-state index in [2.05, 4.69) is 26.2 Å². The largest absolute Gasteiger partial charge is 0.375 e. The predicted molar refractivity (Wildman–Crippen MR) is 72.2 cm³/mol. The quantitative estimate of drug-likeness (QED) is 0.794. The molecule has 0 aromatic carbocycles. The van der Waals surface area contributed by atoms with Crippen molar-refractivity contribution in [2.45, 2.75) is 70.4 Å². The average Bonchev–Trinajstić information content (AvgIpc) is 2.28. The van der Waals surface area contributed by atoms with Crippen molar-refractivity contribution in [3.8, 4) is 0 Å². The van der Waals surface area contributed by atoms with E-state index in [9.17, 15) is 0 Å². The summed E-state index contributed by atoms with van der Waals surface area (Å²) in [4.78, 5) is 0. The molecule has 0 amide bonds. The number of nitrogens with one attached hydrogen (secondary N) is 1. The molecule has 2 nitrogen and oxygen atoms in total. The van der Waals surface area contributed by atoms with E-state index in [1.165, 1.54) is 44.9 Å². The predicted octanol–water partition coefficient (Wildman–Crippen LogP) is 3.36. The van der Waals surface area contributed by atoms with Crippen molar-refractivity contribution in [3.05, 3.63) is 0 Å². The second-order valence-corrected chi connectivity index (χ2v) is 6.50. The van der Waals surface area contributed by atoms with E-state index >= 15 is 0 Å². The van der Waals surface area contributed by atoms with Crippen molar-refractivity contribution in [1.82, 2.24) is 5.32 Å². The lowest BCUT2D eigenvalue weighted by Crippen LogP contribution is -2.49. The fraction of sp³-hybridized carbons (Fsp3) is 1.00. The Hall–Kier alpha value is -0.0800. The summed E-state index contributed by atoms with van der Waals surface area (Å²) < 4.78 is 6.02. The van der Waals surface area contributed by atoms with Crippen LogP contribution in [-0.2, 0) is 4.74 Å². The van der Waals surface area contributed by atoms with Gasteiger partial charge in [0.05, 0.1) is 5.60 Å². The second-order valence-electron chi connectivity index (χ2n) is 6.50. The van der Waals surface area contributed by atoms with E-state index in [0.717, 1.165) is 18.4 Å². The lowest BCUT2D eigenvalue weighted by molar-refractivity contribution is -0.147. The summed E-state index contributed by atoms with van der Waals surface area (Å²) in [5.74, 6) is 1.66. The second kappa shape index (κ2) is 5.71. The van der Waals surface area contributed by atoms with Gasteiger partial charge in [-0.3, -0.25) is 0 Å². The Balaban J connectivity index is 1.85. The SMILES string of the molecule is CNC(CCC(C)C)C1CCOC2(CCC2)C1. The molecule has 1 saturated heterocycles. The summed E-state index contributed by atoms with van der Waals surface area (Å²) in [7, 11) is 2.13. The van der Waals surface area contributed by atoms with Crippen LogP contribution in [-0.4, -0.2) is 25.3 Å². The fourth-order valence-electron chi connectivity index (χ4n) is 3.46. The number of rotatable bonds is 5. The van der Waals surface area contributed by atoms with Gasteiger partial charge in [-0.15, -0.1) is 0 Å². The third-order valence-corrected chi connectivity index (χ3v) is 4.79. The Morgan fingerprint density at radius 3 is 2.59 bits per heavy atom. The molecule has 0 aromatic heterocycles. The Kier molecular flexibility index (Phi) is 4.48. The van der Waals surface area contributed by atoms with E-state index in [0.29, 0.717) is 11.6 Å². The molecule has 2 aliphatic rings. The van der Waals surface area contributed by atoms with Gasteiger partial charge in [-0.25, -0.2) is 0 Å². The molecule has 1 saturated carbocycles. The van der Waals surface area contributed by atoms with E-state index in [1.807, 2.05) is 0 Å². The van der Waals surface area contributed by atoms with Crippen molar-refractivity contribution in [1.29, 1.82) is 0 Å². The first-order chi connectivity index (χ1) is 8.15. The lowest BCUT2D eigenvalue weighted by Gasteiger charge is -2.49. The average molecular weight is 239 g/mol. The van der Waals surface area contributed by atoms with Crippen LogP contribution in [0.3, 0.4) is 0 Å². The molecule has 1 heterocycles. The first kappa shape index (κ1) is 13.4. The van der Waals surface area contributed by atoms with Gasteiger partial charge in [0.15, 0.2) is 0 Å². The maximum absolute atomic E-state index is 6.02. The van der Waals surface area contributed by atoms with Crippen LogP contribution in [0.25, 0.3) is 0 Å². The smallest absolute Gasteiger partial charge is 0.0685 e. The summed E-state index contributed by atoms with van der Waals surface area (Å²) in [5, 5.41) is 3.56. The maximum atomic E-state index is 6.02. The number of ether oxygens (including phenoxy) is 1. The van der Waals surface area contributed by atoms with Crippen molar-refractivity contribution in [3.63, 3.8) is 0 Å². The normalized spacial score (nSPS) is 29.3. The molecule has 2 rings (SSSR count). The minimum atomic E-state index is 0.301. The molecule has 2 heteroatoms. The molecule has 1 spiro atoms. The highest BCUT2D eigenvalue weighted by Gasteiger charge is 2.43. The van der Waals surface area contributed by atoms with Crippen LogP contribution < -0.4 is 5.32 Å².